The van der Waals surface area contributed by atoms with E-state index in [0.29, 0.717) is 12.2 Å². The van der Waals surface area contributed by atoms with Gasteiger partial charge in [-0.3, -0.25) is 0 Å². The minimum absolute atomic E-state index is 0.0651. The van der Waals surface area contributed by atoms with Gasteiger partial charge in [-0.15, -0.1) is 0 Å². The van der Waals surface area contributed by atoms with Gasteiger partial charge in [-0.05, 0) is 24.6 Å². The van der Waals surface area contributed by atoms with Gasteiger partial charge in [0.1, 0.15) is 6.61 Å². The number of hydrogen-bond donors (Lipinski definition) is 1. The molecule has 0 aliphatic rings. The summed E-state index contributed by atoms with van der Waals surface area (Å²) in [6.07, 6.45) is 0. The molecule has 0 unspecified atom stereocenters. The summed E-state index contributed by atoms with van der Waals surface area (Å²) in [5.74, 6) is -1.34. The molecule has 0 heterocycles. The maximum atomic E-state index is 13.3. The lowest BCUT2D eigenvalue weighted by Gasteiger charge is -2.06. The molecular weight excluding hydrogens is 215 g/mol. The lowest BCUT2D eigenvalue weighted by atomic mass is 10.2. The van der Waals surface area contributed by atoms with Crippen molar-refractivity contribution in [1.82, 2.24) is 0 Å². The Morgan fingerprint density at radius 3 is 2.81 bits per heavy atom. The Labute approximate surface area is 92.6 Å². The number of carboxylic acids is 1. The number of carbonyl (C=O) groups is 1. The van der Waals surface area contributed by atoms with Crippen LogP contribution in [0.4, 0.5) is 4.39 Å². The summed E-state index contributed by atoms with van der Waals surface area (Å²) in [5.41, 5.74) is 0.571. The lowest BCUT2D eigenvalue weighted by molar-refractivity contribution is -0.142. The van der Waals surface area contributed by atoms with Crippen LogP contribution in [0, 0.1) is 5.82 Å². The number of rotatable bonds is 6. The zero-order chi connectivity index (χ0) is 12.0. The molecule has 1 aromatic rings. The van der Waals surface area contributed by atoms with Crippen LogP contribution in [-0.4, -0.2) is 24.3 Å². The van der Waals surface area contributed by atoms with Crippen molar-refractivity contribution in [1.29, 1.82) is 0 Å². The third kappa shape index (κ3) is 3.86. The van der Waals surface area contributed by atoms with E-state index in [2.05, 4.69) is 0 Å². The molecule has 16 heavy (non-hydrogen) atoms. The van der Waals surface area contributed by atoms with Crippen molar-refractivity contribution in [2.75, 3.05) is 13.2 Å². The average molecular weight is 228 g/mol. The number of aliphatic carboxylic acids is 1. The van der Waals surface area contributed by atoms with Crippen molar-refractivity contribution in [3.8, 4) is 5.75 Å². The van der Waals surface area contributed by atoms with Crippen molar-refractivity contribution >= 4 is 5.97 Å². The highest BCUT2D eigenvalue weighted by Gasteiger charge is 2.04. The van der Waals surface area contributed by atoms with E-state index < -0.39 is 18.4 Å². The summed E-state index contributed by atoms with van der Waals surface area (Å²) >= 11 is 0. The number of benzene rings is 1. The maximum absolute atomic E-state index is 13.3. The van der Waals surface area contributed by atoms with Crippen LogP contribution in [0.2, 0.25) is 0 Å². The predicted octanol–water partition coefficient (Wildman–Crippen LogP) is 1.83. The van der Waals surface area contributed by atoms with Crippen molar-refractivity contribution in [3.05, 3.63) is 29.6 Å². The van der Waals surface area contributed by atoms with Crippen molar-refractivity contribution in [2.45, 2.75) is 13.5 Å². The fourth-order valence-electron chi connectivity index (χ4n) is 1.16. The molecule has 0 amide bonds. The third-order valence-electron chi connectivity index (χ3n) is 1.79. The molecule has 1 aromatic carbocycles. The molecule has 0 fully saturated rings. The Kier molecular flexibility index (Phi) is 4.72. The molecule has 0 radical (unpaired) electrons. The minimum atomic E-state index is -1.05. The van der Waals surface area contributed by atoms with E-state index >= 15 is 0 Å². The normalized spacial score (nSPS) is 10.1. The topological polar surface area (TPSA) is 55.8 Å². The molecule has 0 saturated carbocycles. The van der Waals surface area contributed by atoms with Gasteiger partial charge in [-0.1, -0.05) is 6.07 Å². The SMILES string of the molecule is CCOc1ccc(COCC(=O)O)cc1F. The van der Waals surface area contributed by atoms with Gasteiger partial charge < -0.3 is 14.6 Å². The first-order valence-corrected chi connectivity index (χ1v) is 4.84. The molecule has 0 spiro atoms. The highest BCUT2D eigenvalue weighted by atomic mass is 19.1. The zero-order valence-electron chi connectivity index (χ0n) is 8.90. The van der Waals surface area contributed by atoms with Crippen LogP contribution in [0.25, 0.3) is 0 Å². The first-order valence-electron chi connectivity index (χ1n) is 4.84. The average Bonchev–Trinajstić information content (AvgIpc) is 2.21. The highest BCUT2D eigenvalue weighted by Crippen LogP contribution is 2.18. The quantitative estimate of drug-likeness (QED) is 0.807. The molecule has 0 saturated heterocycles. The first kappa shape index (κ1) is 12.4. The number of hydrogen-bond acceptors (Lipinski definition) is 3. The molecule has 5 heteroatoms. The van der Waals surface area contributed by atoms with E-state index in [-0.39, 0.29) is 12.4 Å². The molecule has 1 N–H and O–H groups in total. The molecule has 0 aliphatic carbocycles. The fourth-order valence-corrected chi connectivity index (χ4v) is 1.16. The van der Waals surface area contributed by atoms with E-state index in [9.17, 15) is 9.18 Å². The van der Waals surface area contributed by atoms with E-state index in [4.69, 9.17) is 14.6 Å². The third-order valence-corrected chi connectivity index (χ3v) is 1.79. The Bertz CT molecular complexity index is 365. The van der Waals surface area contributed by atoms with Crippen LogP contribution < -0.4 is 4.74 Å². The number of carboxylic acid groups (broad SMARTS) is 1. The van der Waals surface area contributed by atoms with Crippen LogP contribution >= 0.6 is 0 Å². The fraction of sp³-hybridized carbons (Fsp3) is 0.364. The molecule has 4 nitrogen and oxygen atoms in total. The second-order valence-corrected chi connectivity index (χ2v) is 3.08. The van der Waals surface area contributed by atoms with E-state index in [1.165, 1.54) is 12.1 Å². The van der Waals surface area contributed by atoms with Gasteiger partial charge >= 0.3 is 5.97 Å². The monoisotopic (exact) mass is 228 g/mol. The van der Waals surface area contributed by atoms with Gasteiger partial charge in [0.15, 0.2) is 11.6 Å². The smallest absolute Gasteiger partial charge is 0.329 e. The van der Waals surface area contributed by atoms with Gasteiger partial charge in [-0.2, -0.15) is 0 Å². The Morgan fingerprint density at radius 2 is 2.25 bits per heavy atom. The van der Waals surface area contributed by atoms with Crippen molar-refractivity contribution < 1.29 is 23.8 Å². The molecular formula is C11H13FO4. The summed E-state index contributed by atoms with van der Waals surface area (Å²) < 4.78 is 23.2. The van der Waals surface area contributed by atoms with E-state index in [1.807, 2.05) is 0 Å². The molecule has 1 rings (SSSR count). The highest BCUT2D eigenvalue weighted by molar-refractivity contribution is 5.67. The van der Waals surface area contributed by atoms with Crippen LogP contribution in [0.3, 0.4) is 0 Å². The first-order chi connectivity index (χ1) is 7.63. The van der Waals surface area contributed by atoms with E-state index in [0.717, 1.165) is 0 Å². The molecule has 0 aromatic heterocycles. The summed E-state index contributed by atoms with van der Waals surface area (Å²) in [6, 6.07) is 4.40. The standard InChI is InChI=1S/C11H13FO4/c1-2-16-10-4-3-8(5-9(10)12)6-15-7-11(13)14/h3-5H,2,6-7H2,1H3,(H,13,14). The van der Waals surface area contributed by atoms with Crippen LogP contribution in [0.15, 0.2) is 18.2 Å². The largest absolute Gasteiger partial charge is 0.491 e. The zero-order valence-corrected chi connectivity index (χ0v) is 8.90. The molecule has 88 valence electrons. The summed E-state index contributed by atoms with van der Waals surface area (Å²) in [7, 11) is 0. The number of ether oxygens (including phenoxy) is 2. The Balaban J connectivity index is 2.55. The second kappa shape index (κ2) is 6.07. The van der Waals surface area contributed by atoms with Crippen LogP contribution in [-0.2, 0) is 16.1 Å². The lowest BCUT2D eigenvalue weighted by Crippen LogP contribution is -2.06. The minimum Gasteiger partial charge on any atom is -0.491 e. The molecule has 0 atom stereocenters. The predicted molar refractivity (Wildman–Crippen MR) is 54.9 cm³/mol. The second-order valence-electron chi connectivity index (χ2n) is 3.08. The Morgan fingerprint density at radius 1 is 1.50 bits per heavy atom. The van der Waals surface area contributed by atoms with Crippen LogP contribution in [0.5, 0.6) is 5.75 Å². The van der Waals surface area contributed by atoms with Gasteiger partial charge in [0, 0.05) is 0 Å². The van der Waals surface area contributed by atoms with E-state index in [1.54, 1.807) is 13.0 Å². The van der Waals surface area contributed by atoms with Gasteiger partial charge in [0.25, 0.3) is 0 Å². The van der Waals surface area contributed by atoms with Crippen LogP contribution in [0.1, 0.15) is 12.5 Å². The van der Waals surface area contributed by atoms with Gasteiger partial charge in [-0.25, -0.2) is 9.18 Å². The van der Waals surface area contributed by atoms with Gasteiger partial charge in [0.05, 0.1) is 13.2 Å². The molecule has 0 aliphatic heterocycles. The van der Waals surface area contributed by atoms with Gasteiger partial charge in [0.2, 0.25) is 0 Å². The summed E-state index contributed by atoms with van der Waals surface area (Å²) in [4.78, 5) is 10.2. The van der Waals surface area contributed by atoms with Crippen molar-refractivity contribution in [3.63, 3.8) is 0 Å². The molecule has 0 bridgehead atoms. The number of halogens is 1. The summed E-state index contributed by atoms with van der Waals surface area (Å²) in [6.45, 7) is 1.83. The maximum Gasteiger partial charge on any atom is 0.329 e. The summed E-state index contributed by atoms with van der Waals surface area (Å²) in [5, 5.41) is 8.34. The van der Waals surface area contributed by atoms with Crippen molar-refractivity contribution in [2.24, 2.45) is 0 Å². The Hall–Kier alpha value is -1.62.